The average Bonchev–Trinajstić information content (AvgIpc) is 2.59. The van der Waals surface area contributed by atoms with Crippen molar-refractivity contribution in [3.05, 3.63) is 29.3 Å². The van der Waals surface area contributed by atoms with E-state index >= 15 is 0 Å². The van der Waals surface area contributed by atoms with E-state index in [2.05, 4.69) is 4.72 Å². The largest absolute Gasteiger partial charge is 0.496 e. The van der Waals surface area contributed by atoms with Crippen LogP contribution in [0.25, 0.3) is 0 Å². The predicted octanol–water partition coefficient (Wildman–Crippen LogP) is 2.19. The summed E-state index contributed by atoms with van der Waals surface area (Å²) in [5.41, 5.74) is 1.57. The number of piperidine rings is 1. The lowest BCUT2D eigenvalue weighted by atomic mass is 9.97. The number of ether oxygens (including phenoxy) is 1. The quantitative estimate of drug-likeness (QED) is 0.800. The number of carbonyl (C=O) groups is 1. The first-order valence-corrected chi connectivity index (χ1v) is 10.4. The van der Waals surface area contributed by atoms with Crippen molar-refractivity contribution in [2.45, 2.75) is 33.1 Å². The highest BCUT2D eigenvalue weighted by Gasteiger charge is 2.27. The highest BCUT2D eigenvalue weighted by molar-refractivity contribution is 7.89. The zero-order chi connectivity index (χ0) is 18.4. The van der Waals surface area contributed by atoms with E-state index in [4.69, 9.17) is 4.74 Å². The van der Waals surface area contributed by atoms with Crippen molar-refractivity contribution < 1.29 is 17.9 Å². The molecule has 1 aliphatic rings. The Morgan fingerprint density at radius 2 is 2.16 bits per heavy atom. The molecule has 1 saturated heterocycles. The molecule has 0 spiro atoms. The highest BCUT2D eigenvalue weighted by Crippen LogP contribution is 2.24. The van der Waals surface area contributed by atoms with Gasteiger partial charge in [0.05, 0.1) is 18.4 Å². The highest BCUT2D eigenvalue weighted by atomic mass is 32.2. The Hall–Kier alpha value is -1.60. The Morgan fingerprint density at radius 1 is 1.40 bits per heavy atom. The molecular weight excluding hydrogens is 340 g/mol. The van der Waals surface area contributed by atoms with Gasteiger partial charge in [-0.3, -0.25) is 4.79 Å². The van der Waals surface area contributed by atoms with Crippen molar-refractivity contribution in [2.24, 2.45) is 5.92 Å². The molecule has 1 aliphatic heterocycles. The molecule has 1 fully saturated rings. The molecule has 0 bridgehead atoms. The van der Waals surface area contributed by atoms with Gasteiger partial charge in [0.2, 0.25) is 10.0 Å². The van der Waals surface area contributed by atoms with Crippen LogP contribution in [0.2, 0.25) is 0 Å². The molecule has 0 aliphatic carbocycles. The molecule has 0 saturated carbocycles. The summed E-state index contributed by atoms with van der Waals surface area (Å²) in [4.78, 5) is 14.7. The van der Waals surface area contributed by atoms with Crippen LogP contribution in [0.5, 0.6) is 5.75 Å². The van der Waals surface area contributed by atoms with Gasteiger partial charge in [0.15, 0.2) is 0 Å². The van der Waals surface area contributed by atoms with Crippen molar-refractivity contribution in [2.75, 3.05) is 32.5 Å². The SMILES string of the molecule is CCCS(=O)(=O)NC[C@H]1CCCN(C(=O)c2cc(C)ccc2OC)C1. The number of rotatable bonds is 7. The number of likely N-dealkylation sites (tertiary alicyclic amines) is 1. The van der Waals surface area contributed by atoms with Crippen molar-refractivity contribution in [3.63, 3.8) is 0 Å². The van der Waals surface area contributed by atoms with Crippen LogP contribution in [-0.2, 0) is 10.0 Å². The first-order valence-electron chi connectivity index (χ1n) is 8.77. The summed E-state index contributed by atoms with van der Waals surface area (Å²) in [5, 5.41) is 0. The normalized spacial score (nSPS) is 18.2. The van der Waals surface area contributed by atoms with Crippen molar-refractivity contribution in [1.82, 2.24) is 9.62 Å². The van der Waals surface area contributed by atoms with Gasteiger partial charge in [-0.2, -0.15) is 0 Å². The Bertz CT molecular complexity index is 703. The second-order valence-corrected chi connectivity index (χ2v) is 8.56. The number of aryl methyl sites for hydroxylation is 1. The van der Waals surface area contributed by atoms with Gasteiger partial charge in [-0.15, -0.1) is 0 Å². The molecule has 7 heteroatoms. The molecule has 1 N–H and O–H groups in total. The van der Waals surface area contributed by atoms with Crippen molar-refractivity contribution in [1.29, 1.82) is 0 Å². The summed E-state index contributed by atoms with van der Waals surface area (Å²) < 4.78 is 31.6. The van der Waals surface area contributed by atoms with E-state index in [1.807, 2.05) is 32.0 Å². The molecule has 6 nitrogen and oxygen atoms in total. The first kappa shape index (κ1) is 19.7. The molecule has 0 radical (unpaired) electrons. The van der Waals surface area contributed by atoms with Crippen LogP contribution < -0.4 is 9.46 Å². The molecule has 1 aromatic carbocycles. The van der Waals surface area contributed by atoms with Crippen LogP contribution in [0.1, 0.15) is 42.1 Å². The van der Waals surface area contributed by atoms with E-state index in [1.54, 1.807) is 12.0 Å². The molecule has 1 amide bonds. The van der Waals surface area contributed by atoms with E-state index < -0.39 is 10.0 Å². The maximum absolute atomic E-state index is 12.9. The van der Waals surface area contributed by atoms with Gasteiger partial charge >= 0.3 is 0 Å². The molecule has 0 aromatic heterocycles. The third-order valence-corrected chi connectivity index (χ3v) is 6.01. The Morgan fingerprint density at radius 3 is 2.84 bits per heavy atom. The topological polar surface area (TPSA) is 75.7 Å². The summed E-state index contributed by atoms with van der Waals surface area (Å²) >= 11 is 0. The number of sulfonamides is 1. The minimum atomic E-state index is -3.21. The molecule has 1 atom stereocenters. The molecule has 25 heavy (non-hydrogen) atoms. The molecule has 0 unspecified atom stereocenters. The number of benzene rings is 1. The summed E-state index contributed by atoms with van der Waals surface area (Å²) in [6.45, 7) is 5.42. The molecular formula is C18H28N2O4S. The minimum Gasteiger partial charge on any atom is -0.496 e. The summed E-state index contributed by atoms with van der Waals surface area (Å²) in [6, 6.07) is 5.56. The maximum atomic E-state index is 12.9. The fraction of sp³-hybridized carbons (Fsp3) is 0.611. The zero-order valence-corrected chi connectivity index (χ0v) is 16.1. The van der Waals surface area contributed by atoms with Crippen LogP contribution in [0, 0.1) is 12.8 Å². The fourth-order valence-corrected chi connectivity index (χ4v) is 4.33. The number of amides is 1. The van der Waals surface area contributed by atoms with Gasteiger partial charge in [0.1, 0.15) is 5.75 Å². The second kappa shape index (κ2) is 8.67. The maximum Gasteiger partial charge on any atom is 0.257 e. The number of hydrogen-bond donors (Lipinski definition) is 1. The summed E-state index contributed by atoms with van der Waals surface area (Å²) in [7, 11) is -1.65. The molecule has 1 aromatic rings. The van der Waals surface area contributed by atoms with E-state index in [-0.39, 0.29) is 17.6 Å². The van der Waals surface area contributed by atoms with Crippen LogP contribution >= 0.6 is 0 Å². The lowest BCUT2D eigenvalue weighted by molar-refractivity contribution is 0.0673. The van der Waals surface area contributed by atoms with Gasteiger partial charge in [-0.05, 0) is 44.2 Å². The lowest BCUT2D eigenvalue weighted by Crippen LogP contribution is -2.44. The Balaban J connectivity index is 2.03. The number of nitrogens with one attached hydrogen (secondary N) is 1. The summed E-state index contributed by atoms with van der Waals surface area (Å²) in [5.74, 6) is 0.797. The number of methoxy groups -OCH3 is 1. The van der Waals surface area contributed by atoms with Gasteiger partial charge in [0.25, 0.3) is 5.91 Å². The van der Waals surface area contributed by atoms with E-state index in [9.17, 15) is 13.2 Å². The van der Waals surface area contributed by atoms with Crippen molar-refractivity contribution in [3.8, 4) is 5.75 Å². The monoisotopic (exact) mass is 368 g/mol. The third kappa shape index (κ3) is 5.44. The van der Waals surface area contributed by atoms with Crippen LogP contribution in [-0.4, -0.2) is 51.7 Å². The van der Waals surface area contributed by atoms with Gasteiger partial charge in [-0.1, -0.05) is 18.6 Å². The molecule has 1 heterocycles. The first-order chi connectivity index (χ1) is 11.9. The Kier molecular flexibility index (Phi) is 6.84. The van der Waals surface area contributed by atoms with Gasteiger partial charge in [0, 0.05) is 19.6 Å². The lowest BCUT2D eigenvalue weighted by Gasteiger charge is -2.33. The second-order valence-electron chi connectivity index (χ2n) is 6.63. The Labute approximate surface area is 150 Å². The van der Waals surface area contributed by atoms with Crippen LogP contribution in [0.3, 0.4) is 0 Å². The number of hydrogen-bond acceptors (Lipinski definition) is 4. The summed E-state index contributed by atoms with van der Waals surface area (Å²) in [6.07, 6.45) is 2.39. The van der Waals surface area contributed by atoms with Crippen LogP contribution in [0.4, 0.5) is 0 Å². The zero-order valence-electron chi connectivity index (χ0n) is 15.2. The van der Waals surface area contributed by atoms with Gasteiger partial charge in [-0.25, -0.2) is 13.1 Å². The van der Waals surface area contributed by atoms with E-state index in [1.165, 1.54) is 0 Å². The standard InChI is InChI=1S/C18H28N2O4S/c1-4-10-25(22,23)19-12-15-6-5-9-20(13-15)18(21)16-11-14(2)7-8-17(16)24-3/h7-8,11,15,19H,4-6,9-10,12-13H2,1-3H3/t15-/m1/s1. The third-order valence-electron chi connectivity index (χ3n) is 4.46. The molecule has 2 rings (SSSR count). The smallest absolute Gasteiger partial charge is 0.257 e. The molecule has 140 valence electrons. The number of carbonyl (C=O) groups excluding carboxylic acids is 1. The van der Waals surface area contributed by atoms with Crippen LogP contribution in [0.15, 0.2) is 18.2 Å². The van der Waals surface area contributed by atoms with E-state index in [0.717, 1.165) is 18.4 Å². The average molecular weight is 368 g/mol. The van der Waals surface area contributed by atoms with E-state index in [0.29, 0.717) is 37.4 Å². The number of nitrogens with zero attached hydrogens (tertiary/aromatic N) is 1. The predicted molar refractivity (Wildman–Crippen MR) is 98.4 cm³/mol. The van der Waals surface area contributed by atoms with Gasteiger partial charge < -0.3 is 9.64 Å². The van der Waals surface area contributed by atoms with Crippen molar-refractivity contribution >= 4 is 15.9 Å². The fourth-order valence-electron chi connectivity index (χ4n) is 3.16. The minimum absolute atomic E-state index is 0.0540.